The Hall–Kier alpha value is -2.28. The summed E-state index contributed by atoms with van der Waals surface area (Å²) in [7, 11) is 0. The highest BCUT2D eigenvalue weighted by Crippen LogP contribution is 2.19. The molecule has 0 saturated carbocycles. The van der Waals surface area contributed by atoms with Crippen molar-refractivity contribution in [3.8, 4) is 11.3 Å². The molecule has 27 heavy (non-hydrogen) atoms. The van der Waals surface area contributed by atoms with E-state index in [0.717, 1.165) is 27.6 Å². The van der Waals surface area contributed by atoms with Gasteiger partial charge in [-0.05, 0) is 53.6 Å². The van der Waals surface area contributed by atoms with Crippen molar-refractivity contribution in [1.82, 2.24) is 9.78 Å². The number of carbonyl (C=O) groups is 1. The van der Waals surface area contributed by atoms with Crippen LogP contribution in [0.25, 0.3) is 11.3 Å². The molecule has 0 saturated heterocycles. The molecule has 4 rings (SSSR count). The van der Waals surface area contributed by atoms with Gasteiger partial charge in [0.15, 0.2) is 12.4 Å². The molecule has 0 radical (unpaired) electrons. The molecule has 0 aliphatic rings. The number of rotatable bonds is 6. The van der Waals surface area contributed by atoms with Gasteiger partial charge in [0.1, 0.15) is 0 Å². The second-order valence-corrected chi connectivity index (χ2v) is 8.17. The van der Waals surface area contributed by atoms with Crippen molar-refractivity contribution >= 4 is 28.5 Å². The molecule has 0 aliphatic heterocycles. The zero-order valence-electron chi connectivity index (χ0n) is 14.7. The van der Waals surface area contributed by atoms with Gasteiger partial charge in [-0.3, -0.25) is 9.48 Å². The Morgan fingerprint density at radius 2 is 2.11 bits per heavy atom. The van der Waals surface area contributed by atoms with Crippen LogP contribution in [0, 0.1) is 6.92 Å². The third-order valence-electron chi connectivity index (χ3n) is 4.12. The Morgan fingerprint density at radius 3 is 2.85 bits per heavy atom. The summed E-state index contributed by atoms with van der Waals surface area (Å²) in [5.41, 5.74) is 3.34. The lowest BCUT2D eigenvalue weighted by molar-refractivity contribution is -0.682. The quantitative estimate of drug-likeness (QED) is 0.350. The van der Waals surface area contributed by atoms with Crippen molar-refractivity contribution < 1.29 is 21.8 Å². The van der Waals surface area contributed by atoms with E-state index in [1.165, 1.54) is 5.56 Å². The van der Waals surface area contributed by atoms with Crippen molar-refractivity contribution in [1.29, 1.82) is 0 Å². The van der Waals surface area contributed by atoms with Crippen LogP contribution in [0.5, 0.6) is 0 Å². The van der Waals surface area contributed by atoms with Crippen molar-refractivity contribution in [2.75, 3.05) is 0 Å². The highest BCUT2D eigenvalue weighted by atomic mass is 35.5. The van der Waals surface area contributed by atoms with Crippen LogP contribution < -0.4 is 17.0 Å². The monoisotopic (exact) mass is 415 g/mol. The van der Waals surface area contributed by atoms with Gasteiger partial charge >= 0.3 is 0 Å². The van der Waals surface area contributed by atoms with E-state index in [9.17, 15) is 4.79 Å². The van der Waals surface area contributed by atoms with E-state index in [1.807, 2.05) is 59.0 Å². The first-order valence-corrected chi connectivity index (χ1v) is 10.1. The van der Waals surface area contributed by atoms with Crippen LogP contribution in [-0.4, -0.2) is 15.6 Å². The average Bonchev–Trinajstić information content (AvgIpc) is 3.38. The van der Waals surface area contributed by atoms with Crippen LogP contribution >= 0.6 is 22.7 Å². The van der Waals surface area contributed by atoms with Crippen LogP contribution in [0.2, 0.25) is 0 Å². The number of hydrogen-bond donors (Lipinski definition) is 0. The van der Waals surface area contributed by atoms with E-state index in [2.05, 4.69) is 28.0 Å². The van der Waals surface area contributed by atoms with Gasteiger partial charge in [-0.2, -0.15) is 21.0 Å². The number of aromatic nitrogens is 3. The number of aryl methyl sites for hydroxylation is 1. The van der Waals surface area contributed by atoms with Crippen LogP contribution in [0.1, 0.15) is 20.1 Å². The third kappa shape index (κ3) is 4.53. The molecular weight excluding hydrogens is 398 g/mol. The maximum Gasteiger partial charge on any atom is 0.237 e. The first-order chi connectivity index (χ1) is 12.7. The minimum Gasteiger partial charge on any atom is -1.00 e. The predicted molar refractivity (Wildman–Crippen MR) is 105 cm³/mol. The number of nitrogens with zero attached hydrogens (tertiary/aromatic N) is 3. The number of pyridine rings is 1. The molecule has 4 aromatic heterocycles. The fraction of sp³-hybridized carbons (Fsp3) is 0.150. The molecule has 0 spiro atoms. The van der Waals surface area contributed by atoms with Crippen molar-refractivity contribution in [3.63, 3.8) is 0 Å². The molecule has 0 unspecified atom stereocenters. The van der Waals surface area contributed by atoms with E-state index >= 15 is 0 Å². The molecule has 0 amide bonds. The summed E-state index contributed by atoms with van der Waals surface area (Å²) in [6.45, 7) is 3.10. The molecule has 0 aromatic carbocycles. The van der Waals surface area contributed by atoms with Crippen LogP contribution in [0.15, 0.2) is 65.7 Å². The average molecular weight is 416 g/mol. The summed E-state index contributed by atoms with van der Waals surface area (Å²) in [4.78, 5) is 14.4. The minimum atomic E-state index is 0. The van der Waals surface area contributed by atoms with E-state index in [-0.39, 0.29) is 18.2 Å². The Morgan fingerprint density at radius 1 is 1.22 bits per heavy atom. The number of Topliss-reactive ketones (excluding diaryl/α,β-unsaturated/α-hetero) is 1. The molecule has 4 nitrogen and oxygen atoms in total. The smallest absolute Gasteiger partial charge is 0.237 e. The second kappa shape index (κ2) is 8.61. The standard InChI is InChI=1S/C20H18N3OS2.ClH/c1-15-4-5-20(26-15)19(24)13-22-9-2-3-17(12-22)18-6-8-21-23(18)11-16-7-10-25-14-16;/h2-10,12,14H,11,13H2,1H3;1H/q+1;/p-1. The predicted octanol–water partition coefficient (Wildman–Crippen LogP) is 1.20. The number of halogens is 1. The summed E-state index contributed by atoms with van der Waals surface area (Å²) in [5.74, 6) is 0.136. The fourth-order valence-corrected chi connectivity index (χ4v) is 4.32. The fourth-order valence-electron chi connectivity index (χ4n) is 2.86. The van der Waals surface area contributed by atoms with E-state index in [0.29, 0.717) is 6.54 Å². The van der Waals surface area contributed by atoms with Gasteiger partial charge in [0.2, 0.25) is 12.3 Å². The largest absolute Gasteiger partial charge is 1.00 e. The van der Waals surface area contributed by atoms with Crippen LogP contribution in [0.3, 0.4) is 0 Å². The van der Waals surface area contributed by atoms with E-state index in [1.54, 1.807) is 22.7 Å². The Balaban J connectivity index is 0.00000210. The lowest BCUT2D eigenvalue weighted by atomic mass is 10.2. The third-order valence-corrected chi connectivity index (χ3v) is 5.90. The summed E-state index contributed by atoms with van der Waals surface area (Å²) in [6, 6.07) is 12.0. The normalized spacial score (nSPS) is 10.6. The Labute approximate surface area is 172 Å². The van der Waals surface area contributed by atoms with Gasteiger partial charge in [0, 0.05) is 17.1 Å². The highest BCUT2D eigenvalue weighted by molar-refractivity contribution is 7.14. The van der Waals surface area contributed by atoms with Crippen molar-refractivity contribution in [2.45, 2.75) is 20.0 Å². The minimum absolute atomic E-state index is 0. The SMILES string of the molecule is Cc1ccc(C(=O)C[n+]2cccc(-c3ccnn3Cc3ccsc3)c2)s1.[Cl-]. The first-order valence-electron chi connectivity index (χ1n) is 8.31. The summed E-state index contributed by atoms with van der Waals surface area (Å²) in [6.07, 6.45) is 5.76. The molecule has 0 N–H and O–H groups in total. The number of thiophene rings is 2. The van der Waals surface area contributed by atoms with Gasteiger partial charge in [-0.25, -0.2) is 0 Å². The number of ketones is 1. The molecule has 0 fully saturated rings. The summed E-state index contributed by atoms with van der Waals surface area (Å²) >= 11 is 3.24. The maximum absolute atomic E-state index is 12.5. The molecule has 138 valence electrons. The molecule has 7 heteroatoms. The number of hydrogen-bond acceptors (Lipinski definition) is 4. The first kappa shape index (κ1) is 19.5. The van der Waals surface area contributed by atoms with Crippen molar-refractivity contribution in [2.24, 2.45) is 0 Å². The molecule has 0 atom stereocenters. The zero-order valence-corrected chi connectivity index (χ0v) is 17.1. The lowest BCUT2D eigenvalue weighted by Crippen LogP contribution is -3.00. The molecular formula is C20H18ClN3OS2. The summed E-state index contributed by atoms with van der Waals surface area (Å²) in [5, 5.41) is 8.67. The summed E-state index contributed by atoms with van der Waals surface area (Å²) < 4.78 is 3.93. The highest BCUT2D eigenvalue weighted by Gasteiger charge is 2.16. The van der Waals surface area contributed by atoms with Gasteiger partial charge in [-0.15, -0.1) is 11.3 Å². The topological polar surface area (TPSA) is 38.8 Å². The van der Waals surface area contributed by atoms with E-state index < -0.39 is 0 Å². The van der Waals surface area contributed by atoms with Gasteiger partial charge < -0.3 is 12.4 Å². The zero-order chi connectivity index (χ0) is 17.9. The molecule has 0 aliphatic carbocycles. The van der Waals surface area contributed by atoms with E-state index in [4.69, 9.17) is 0 Å². The van der Waals surface area contributed by atoms with Crippen molar-refractivity contribution in [3.05, 3.63) is 81.1 Å². The van der Waals surface area contributed by atoms with Gasteiger partial charge in [0.25, 0.3) is 0 Å². The van der Waals surface area contributed by atoms with Gasteiger partial charge in [-0.1, -0.05) is 0 Å². The number of carbonyl (C=O) groups excluding carboxylic acids is 1. The van der Waals surface area contributed by atoms with Gasteiger partial charge in [0.05, 0.1) is 22.7 Å². The van der Waals surface area contributed by atoms with Crippen LogP contribution in [0.4, 0.5) is 0 Å². The lowest BCUT2D eigenvalue weighted by Gasteiger charge is -2.06. The Kier molecular flexibility index (Phi) is 6.21. The Bertz CT molecular complexity index is 1040. The maximum atomic E-state index is 12.5. The molecule has 4 aromatic rings. The molecule has 4 heterocycles. The second-order valence-electron chi connectivity index (χ2n) is 6.10. The van der Waals surface area contributed by atoms with Crippen LogP contribution in [-0.2, 0) is 13.1 Å². The molecule has 0 bridgehead atoms.